The molecular weight excluding hydrogens is 288 g/mol. The van der Waals surface area contributed by atoms with Gasteiger partial charge in [-0.3, -0.25) is 4.79 Å². The topological polar surface area (TPSA) is 50.4 Å². The van der Waals surface area contributed by atoms with Crippen LogP contribution in [-0.2, 0) is 9.53 Å². The second-order valence-corrected chi connectivity index (χ2v) is 5.72. The van der Waals surface area contributed by atoms with E-state index in [9.17, 15) is 4.79 Å². The third kappa shape index (κ3) is 4.70. The normalized spacial score (nSPS) is 23.0. The monoisotopic (exact) mass is 310 g/mol. The Morgan fingerprint density at radius 3 is 2.71 bits per heavy atom. The van der Waals surface area contributed by atoms with Crippen molar-refractivity contribution >= 4 is 18.3 Å². The molecule has 1 amide bonds. The van der Waals surface area contributed by atoms with E-state index in [1.807, 2.05) is 18.2 Å². The van der Waals surface area contributed by atoms with Crippen molar-refractivity contribution in [2.75, 3.05) is 19.8 Å². The van der Waals surface area contributed by atoms with Gasteiger partial charge in [-0.25, -0.2) is 0 Å². The number of halogens is 1. The Labute approximate surface area is 132 Å². The van der Waals surface area contributed by atoms with E-state index >= 15 is 0 Å². The van der Waals surface area contributed by atoms with Crippen molar-refractivity contribution < 1.29 is 9.53 Å². The van der Waals surface area contributed by atoms with Crippen molar-refractivity contribution in [2.24, 2.45) is 5.92 Å². The molecule has 2 N–H and O–H groups in total. The lowest BCUT2D eigenvalue weighted by Gasteiger charge is -2.25. The van der Waals surface area contributed by atoms with E-state index in [2.05, 4.69) is 22.8 Å². The van der Waals surface area contributed by atoms with Crippen LogP contribution in [0.25, 0.3) is 0 Å². The minimum absolute atomic E-state index is 0. The Bertz CT molecular complexity index is 445. The van der Waals surface area contributed by atoms with E-state index in [-0.39, 0.29) is 30.4 Å². The van der Waals surface area contributed by atoms with Gasteiger partial charge in [0.05, 0.1) is 19.3 Å². The minimum Gasteiger partial charge on any atom is -0.378 e. The second kappa shape index (κ2) is 7.78. The first-order valence-corrected chi connectivity index (χ1v) is 7.48. The molecule has 1 aliphatic heterocycles. The molecule has 0 aromatic heterocycles. The summed E-state index contributed by atoms with van der Waals surface area (Å²) in [4.78, 5) is 12.2. The maximum Gasteiger partial charge on any atom is 0.222 e. The van der Waals surface area contributed by atoms with Gasteiger partial charge in [0, 0.05) is 19.0 Å². The van der Waals surface area contributed by atoms with Gasteiger partial charge in [0.1, 0.15) is 0 Å². The highest BCUT2D eigenvalue weighted by Crippen LogP contribution is 2.40. The van der Waals surface area contributed by atoms with Crippen LogP contribution in [0, 0.1) is 5.92 Å². The Hall–Kier alpha value is -1.10. The van der Waals surface area contributed by atoms with Crippen LogP contribution in [-0.4, -0.2) is 31.7 Å². The van der Waals surface area contributed by atoms with Gasteiger partial charge in [-0.05, 0) is 24.3 Å². The number of amides is 1. The van der Waals surface area contributed by atoms with Gasteiger partial charge in [-0.2, -0.15) is 0 Å². The molecule has 1 aromatic rings. The third-order valence-corrected chi connectivity index (χ3v) is 4.00. The zero-order valence-corrected chi connectivity index (χ0v) is 12.9. The molecule has 1 heterocycles. The van der Waals surface area contributed by atoms with Crippen LogP contribution in [0.4, 0.5) is 0 Å². The van der Waals surface area contributed by atoms with Crippen molar-refractivity contribution in [3.8, 4) is 0 Å². The molecule has 1 saturated heterocycles. The average molecular weight is 311 g/mol. The maximum atomic E-state index is 12.2. The summed E-state index contributed by atoms with van der Waals surface area (Å²) < 4.78 is 5.39. The smallest absolute Gasteiger partial charge is 0.222 e. The van der Waals surface area contributed by atoms with Crippen molar-refractivity contribution in [3.05, 3.63) is 35.9 Å². The minimum atomic E-state index is 0. The van der Waals surface area contributed by atoms with Gasteiger partial charge < -0.3 is 15.4 Å². The summed E-state index contributed by atoms with van der Waals surface area (Å²) in [6, 6.07) is 10.6. The summed E-state index contributed by atoms with van der Waals surface area (Å²) in [6.45, 7) is 2.21. The highest BCUT2D eigenvalue weighted by molar-refractivity contribution is 5.85. The van der Waals surface area contributed by atoms with Crippen molar-refractivity contribution in [1.29, 1.82) is 0 Å². The number of rotatable bonds is 5. The van der Waals surface area contributed by atoms with E-state index < -0.39 is 0 Å². The molecule has 2 unspecified atom stereocenters. The summed E-state index contributed by atoms with van der Waals surface area (Å²) in [5.41, 5.74) is 1.22. The van der Waals surface area contributed by atoms with Gasteiger partial charge in [0.15, 0.2) is 0 Å². The summed E-state index contributed by atoms with van der Waals surface area (Å²) in [5, 5.41) is 6.53. The fraction of sp³-hybridized carbons (Fsp3) is 0.562. The molecule has 3 rings (SSSR count). The third-order valence-electron chi connectivity index (χ3n) is 4.00. The molecule has 2 fully saturated rings. The Morgan fingerprint density at radius 1 is 1.33 bits per heavy atom. The first-order chi connectivity index (χ1) is 9.83. The SMILES string of the molecule is Cl.O=C(CC1COCCN1)NC(c1ccccc1)C1CC1. The van der Waals surface area contributed by atoms with E-state index in [0.29, 0.717) is 18.9 Å². The summed E-state index contributed by atoms with van der Waals surface area (Å²) >= 11 is 0. The lowest BCUT2D eigenvalue weighted by molar-refractivity contribution is -0.123. The Balaban J connectivity index is 0.00000161. The number of benzene rings is 1. The maximum absolute atomic E-state index is 12.2. The molecule has 5 heteroatoms. The predicted octanol–water partition coefficient (Wildman–Crippen LogP) is 2.05. The number of hydrogen-bond donors (Lipinski definition) is 2. The quantitative estimate of drug-likeness (QED) is 0.875. The number of carbonyl (C=O) groups is 1. The number of morpholine rings is 1. The van der Waals surface area contributed by atoms with Crippen LogP contribution < -0.4 is 10.6 Å². The van der Waals surface area contributed by atoms with E-state index in [0.717, 1.165) is 13.2 Å². The van der Waals surface area contributed by atoms with Crippen LogP contribution >= 0.6 is 12.4 Å². The summed E-state index contributed by atoms with van der Waals surface area (Å²) in [7, 11) is 0. The first kappa shape index (κ1) is 16.3. The lowest BCUT2D eigenvalue weighted by atomic mass is 10.0. The van der Waals surface area contributed by atoms with Crippen LogP contribution in [0.2, 0.25) is 0 Å². The van der Waals surface area contributed by atoms with Gasteiger partial charge in [-0.15, -0.1) is 12.4 Å². The highest BCUT2D eigenvalue weighted by atomic mass is 35.5. The Morgan fingerprint density at radius 2 is 2.10 bits per heavy atom. The van der Waals surface area contributed by atoms with Gasteiger partial charge >= 0.3 is 0 Å². The number of nitrogens with one attached hydrogen (secondary N) is 2. The van der Waals surface area contributed by atoms with Crippen molar-refractivity contribution in [2.45, 2.75) is 31.3 Å². The summed E-state index contributed by atoms with van der Waals surface area (Å²) in [6.07, 6.45) is 2.92. The van der Waals surface area contributed by atoms with E-state index in [4.69, 9.17) is 4.74 Å². The lowest BCUT2D eigenvalue weighted by Crippen LogP contribution is -2.44. The molecule has 21 heavy (non-hydrogen) atoms. The fourth-order valence-corrected chi connectivity index (χ4v) is 2.77. The van der Waals surface area contributed by atoms with E-state index in [1.54, 1.807) is 0 Å². The fourth-order valence-electron chi connectivity index (χ4n) is 2.77. The zero-order chi connectivity index (χ0) is 13.8. The standard InChI is InChI=1S/C16H22N2O2.ClH/c19-15(10-14-11-20-9-8-17-14)18-16(13-6-7-13)12-4-2-1-3-5-12;/h1-5,13-14,16-17H,6-11H2,(H,18,19);1H. The number of hydrogen-bond acceptors (Lipinski definition) is 3. The predicted molar refractivity (Wildman–Crippen MR) is 84.5 cm³/mol. The second-order valence-electron chi connectivity index (χ2n) is 5.72. The molecule has 4 nitrogen and oxygen atoms in total. The molecule has 2 aliphatic rings. The molecule has 2 atom stereocenters. The number of carbonyl (C=O) groups excluding carboxylic acids is 1. The average Bonchev–Trinajstić information content (AvgIpc) is 3.31. The number of ether oxygens (including phenoxy) is 1. The summed E-state index contributed by atoms with van der Waals surface area (Å²) in [5.74, 6) is 0.727. The zero-order valence-electron chi connectivity index (χ0n) is 12.1. The van der Waals surface area contributed by atoms with Crippen LogP contribution in [0.1, 0.15) is 30.9 Å². The first-order valence-electron chi connectivity index (χ1n) is 7.48. The molecular formula is C16H23ClN2O2. The van der Waals surface area contributed by atoms with Gasteiger partial charge in [-0.1, -0.05) is 30.3 Å². The van der Waals surface area contributed by atoms with Crippen molar-refractivity contribution in [3.63, 3.8) is 0 Å². The largest absolute Gasteiger partial charge is 0.378 e. The molecule has 1 aliphatic carbocycles. The van der Waals surface area contributed by atoms with Gasteiger partial charge in [0.2, 0.25) is 5.91 Å². The Kier molecular flexibility index (Phi) is 6.03. The van der Waals surface area contributed by atoms with Crippen LogP contribution in [0.15, 0.2) is 30.3 Å². The van der Waals surface area contributed by atoms with Crippen LogP contribution in [0.5, 0.6) is 0 Å². The molecule has 0 bridgehead atoms. The van der Waals surface area contributed by atoms with E-state index in [1.165, 1.54) is 18.4 Å². The van der Waals surface area contributed by atoms with Crippen LogP contribution in [0.3, 0.4) is 0 Å². The van der Waals surface area contributed by atoms with Crippen molar-refractivity contribution in [1.82, 2.24) is 10.6 Å². The molecule has 0 radical (unpaired) electrons. The van der Waals surface area contributed by atoms with Gasteiger partial charge in [0.25, 0.3) is 0 Å². The highest BCUT2D eigenvalue weighted by Gasteiger charge is 2.33. The molecule has 116 valence electrons. The molecule has 0 spiro atoms. The molecule has 1 saturated carbocycles. The molecule has 1 aromatic carbocycles.